The second-order valence-electron chi connectivity index (χ2n) is 6.79. The lowest BCUT2D eigenvalue weighted by Gasteiger charge is -2.24. The second-order valence-corrected chi connectivity index (χ2v) is 6.79. The largest absolute Gasteiger partial charge is 0.366 e. The van der Waals surface area contributed by atoms with Crippen molar-refractivity contribution < 1.29 is 19.2 Å². The van der Waals surface area contributed by atoms with Crippen molar-refractivity contribution in [3.63, 3.8) is 0 Å². The number of carbonyl (C=O) groups excluding carboxylic acids is 4. The van der Waals surface area contributed by atoms with Crippen LogP contribution in [0.2, 0.25) is 0 Å². The predicted molar refractivity (Wildman–Crippen MR) is 114 cm³/mol. The SMILES string of the molecule is CC(=O)c1ccc(N(C(=O)c2cccc(C(N)=O)c2)c2ccc(C(C)=O)cc2)cc1. The number of benzene rings is 3. The third kappa shape index (κ3) is 4.33. The molecule has 0 unspecified atom stereocenters. The third-order valence-corrected chi connectivity index (χ3v) is 4.66. The summed E-state index contributed by atoms with van der Waals surface area (Å²) in [5.41, 5.74) is 7.95. The first kappa shape index (κ1) is 20.7. The zero-order valence-electron chi connectivity index (χ0n) is 16.6. The van der Waals surface area contributed by atoms with Crippen molar-refractivity contribution in [2.45, 2.75) is 13.8 Å². The molecule has 0 aliphatic carbocycles. The molecule has 6 heteroatoms. The van der Waals surface area contributed by atoms with Crippen LogP contribution in [-0.2, 0) is 0 Å². The molecule has 0 fully saturated rings. The van der Waals surface area contributed by atoms with Gasteiger partial charge in [-0.1, -0.05) is 6.07 Å². The molecule has 0 saturated carbocycles. The molecule has 6 nitrogen and oxygen atoms in total. The van der Waals surface area contributed by atoms with Crippen LogP contribution in [0, 0.1) is 0 Å². The maximum absolute atomic E-state index is 13.4. The lowest BCUT2D eigenvalue weighted by molar-refractivity contribution is 0.0993. The Morgan fingerprint density at radius 2 is 1.07 bits per heavy atom. The molecule has 30 heavy (non-hydrogen) atoms. The summed E-state index contributed by atoms with van der Waals surface area (Å²) in [6.07, 6.45) is 0. The molecule has 0 bridgehead atoms. The fourth-order valence-corrected chi connectivity index (χ4v) is 3.01. The van der Waals surface area contributed by atoms with Crippen LogP contribution in [0.1, 0.15) is 55.3 Å². The van der Waals surface area contributed by atoms with Crippen molar-refractivity contribution in [2.24, 2.45) is 5.73 Å². The number of primary amides is 1. The highest BCUT2D eigenvalue weighted by Crippen LogP contribution is 2.29. The summed E-state index contributed by atoms with van der Waals surface area (Å²) in [4.78, 5) is 49.6. The Bertz CT molecular complexity index is 1080. The van der Waals surface area contributed by atoms with Gasteiger partial charge in [0.1, 0.15) is 0 Å². The lowest BCUT2D eigenvalue weighted by atomic mass is 10.1. The van der Waals surface area contributed by atoms with E-state index in [1.54, 1.807) is 60.7 Å². The first-order valence-electron chi connectivity index (χ1n) is 9.24. The molecule has 0 spiro atoms. The van der Waals surface area contributed by atoms with Crippen LogP contribution < -0.4 is 10.6 Å². The van der Waals surface area contributed by atoms with Crippen molar-refractivity contribution >= 4 is 34.8 Å². The van der Waals surface area contributed by atoms with Gasteiger partial charge in [-0.05, 0) is 80.6 Å². The van der Waals surface area contributed by atoms with Gasteiger partial charge in [0, 0.05) is 33.6 Å². The number of nitrogens with two attached hydrogens (primary N) is 1. The van der Waals surface area contributed by atoms with Gasteiger partial charge in [0.2, 0.25) is 5.91 Å². The third-order valence-electron chi connectivity index (χ3n) is 4.66. The van der Waals surface area contributed by atoms with E-state index in [9.17, 15) is 19.2 Å². The number of amides is 2. The molecule has 0 aliphatic rings. The number of nitrogens with zero attached hydrogens (tertiary/aromatic N) is 1. The molecule has 0 aliphatic heterocycles. The highest BCUT2D eigenvalue weighted by atomic mass is 16.2. The standard InChI is InChI=1S/C24H20N2O4/c1-15(27)17-6-10-21(11-7-17)26(22-12-8-18(9-13-22)16(2)28)24(30)20-5-3-4-19(14-20)23(25)29/h3-14H,1-2H3,(H2,25,29). The molecule has 3 aromatic carbocycles. The van der Waals surface area contributed by atoms with Crippen LogP contribution in [0.5, 0.6) is 0 Å². The molecule has 2 N–H and O–H groups in total. The number of hydrogen-bond donors (Lipinski definition) is 1. The van der Waals surface area contributed by atoms with Gasteiger partial charge in [-0.3, -0.25) is 24.1 Å². The number of ketones is 2. The molecule has 0 saturated heterocycles. The normalized spacial score (nSPS) is 10.3. The topological polar surface area (TPSA) is 97.5 Å². The van der Waals surface area contributed by atoms with Gasteiger partial charge in [0.05, 0.1) is 0 Å². The maximum atomic E-state index is 13.4. The number of Topliss-reactive ketones (excluding diaryl/α,β-unsaturated/α-hetero) is 2. The fourth-order valence-electron chi connectivity index (χ4n) is 3.01. The summed E-state index contributed by atoms with van der Waals surface area (Å²) in [5.74, 6) is -1.18. The van der Waals surface area contributed by atoms with E-state index in [4.69, 9.17) is 5.73 Å². The minimum Gasteiger partial charge on any atom is -0.366 e. The van der Waals surface area contributed by atoms with Crippen LogP contribution in [0.15, 0.2) is 72.8 Å². The Morgan fingerprint density at radius 3 is 1.47 bits per heavy atom. The predicted octanol–water partition coefficient (Wildman–Crippen LogP) is 4.17. The quantitative estimate of drug-likeness (QED) is 0.628. The number of carbonyl (C=O) groups is 4. The summed E-state index contributed by atoms with van der Waals surface area (Å²) < 4.78 is 0. The molecule has 150 valence electrons. The summed E-state index contributed by atoms with van der Waals surface area (Å²) in [5, 5.41) is 0. The zero-order valence-corrected chi connectivity index (χ0v) is 16.6. The van der Waals surface area contributed by atoms with Gasteiger partial charge in [-0.15, -0.1) is 0 Å². The number of hydrogen-bond acceptors (Lipinski definition) is 4. The molecule has 2 amide bonds. The van der Waals surface area contributed by atoms with Gasteiger partial charge in [-0.2, -0.15) is 0 Å². The molecular weight excluding hydrogens is 380 g/mol. The van der Waals surface area contributed by atoms with E-state index in [1.807, 2.05) is 0 Å². The molecule has 3 aromatic rings. The van der Waals surface area contributed by atoms with Crippen molar-refractivity contribution in [1.29, 1.82) is 0 Å². The van der Waals surface area contributed by atoms with Gasteiger partial charge >= 0.3 is 0 Å². The van der Waals surface area contributed by atoms with Gasteiger partial charge in [0.25, 0.3) is 5.91 Å². The van der Waals surface area contributed by atoms with Crippen LogP contribution in [0.25, 0.3) is 0 Å². The van der Waals surface area contributed by atoms with Crippen LogP contribution in [-0.4, -0.2) is 23.4 Å². The minimum atomic E-state index is -0.632. The maximum Gasteiger partial charge on any atom is 0.262 e. The Hall–Kier alpha value is -4.06. The fraction of sp³-hybridized carbons (Fsp3) is 0.0833. The summed E-state index contributed by atoms with van der Waals surface area (Å²) in [7, 11) is 0. The van der Waals surface area contributed by atoms with Crippen molar-refractivity contribution in [3.05, 3.63) is 95.1 Å². The van der Waals surface area contributed by atoms with Crippen LogP contribution in [0.4, 0.5) is 11.4 Å². The average molecular weight is 400 g/mol. The van der Waals surface area contributed by atoms with Crippen molar-refractivity contribution in [2.75, 3.05) is 4.90 Å². The summed E-state index contributed by atoms with van der Waals surface area (Å²) in [6.45, 7) is 2.93. The minimum absolute atomic E-state index is 0.0839. The molecule has 0 aromatic heterocycles. The van der Waals surface area contributed by atoms with Gasteiger partial charge in [0.15, 0.2) is 11.6 Å². The van der Waals surface area contributed by atoms with E-state index in [1.165, 1.54) is 30.9 Å². The van der Waals surface area contributed by atoms with E-state index in [0.717, 1.165) is 0 Å². The van der Waals surface area contributed by atoms with E-state index in [-0.39, 0.29) is 28.6 Å². The Labute approximate surface area is 173 Å². The highest BCUT2D eigenvalue weighted by Gasteiger charge is 2.21. The molecule has 3 rings (SSSR count). The van der Waals surface area contributed by atoms with Crippen molar-refractivity contribution in [3.8, 4) is 0 Å². The molecular formula is C24H20N2O4. The molecule has 0 atom stereocenters. The van der Waals surface area contributed by atoms with E-state index in [0.29, 0.717) is 22.5 Å². The highest BCUT2D eigenvalue weighted by molar-refractivity contribution is 6.12. The van der Waals surface area contributed by atoms with Crippen molar-refractivity contribution in [1.82, 2.24) is 0 Å². The Balaban J connectivity index is 2.10. The van der Waals surface area contributed by atoms with E-state index in [2.05, 4.69) is 0 Å². The molecule has 0 radical (unpaired) electrons. The van der Waals surface area contributed by atoms with Gasteiger partial charge in [-0.25, -0.2) is 0 Å². The number of anilines is 2. The van der Waals surface area contributed by atoms with Crippen LogP contribution in [0.3, 0.4) is 0 Å². The Kier molecular flexibility index (Phi) is 5.88. The first-order valence-corrected chi connectivity index (χ1v) is 9.24. The van der Waals surface area contributed by atoms with E-state index < -0.39 is 5.91 Å². The Morgan fingerprint density at radius 1 is 0.633 bits per heavy atom. The smallest absolute Gasteiger partial charge is 0.262 e. The lowest BCUT2D eigenvalue weighted by Crippen LogP contribution is -2.26. The van der Waals surface area contributed by atoms with E-state index >= 15 is 0 Å². The first-order chi connectivity index (χ1) is 14.3. The van der Waals surface area contributed by atoms with Gasteiger partial charge < -0.3 is 5.73 Å². The summed E-state index contributed by atoms with van der Waals surface area (Å²) in [6, 6.07) is 19.4. The van der Waals surface area contributed by atoms with Crippen LogP contribution >= 0.6 is 0 Å². The second kappa shape index (κ2) is 8.53. The average Bonchev–Trinajstić information content (AvgIpc) is 2.74. The number of rotatable bonds is 6. The molecule has 0 heterocycles. The zero-order chi connectivity index (χ0) is 21.8. The monoisotopic (exact) mass is 400 g/mol. The summed E-state index contributed by atoms with van der Waals surface area (Å²) >= 11 is 0.